The molecule has 0 radical (unpaired) electrons. The van der Waals surface area contributed by atoms with Gasteiger partial charge in [-0.05, 0) is 43.2 Å². The van der Waals surface area contributed by atoms with Crippen molar-refractivity contribution in [2.45, 2.75) is 13.8 Å². The van der Waals surface area contributed by atoms with Gasteiger partial charge in [-0.2, -0.15) is 0 Å². The number of carboxylic acid groups (broad SMARTS) is 1. The van der Waals surface area contributed by atoms with Gasteiger partial charge >= 0.3 is 5.97 Å². The molecule has 18 heavy (non-hydrogen) atoms. The molecule has 0 unspecified atom stereocenters. The highest BCUT2D eigenvalue weighted by Crippen LogP contribution is 2.22. The Morgan fingerprint density at radius 1 is 1.22 bits per heavy atom. The maximum absolute atomic E-state index is 11.1. The summed E-state index contributed by atoms with van der Waals surface area (Å²) in [6.45, 7) is 4.01. The predicted molar refractivity (Wildman–Crippen MR) is 70.4 cm³/mol. The monoisotopic (exact) mass is 242 g/mol. The number of hydrogen-bond donors (Lipinski definition) is 2. The Morgan fingerprint density at radius 3 is 2.50 bits per heavy atom. The average Bonchev–Trinajstić information content (AvgIpc) is 2.27. The van der Waals surface area contributed by atoms with E-state index in [0.717, 1.165) is 16.8 Å². The molecule has 0 aliphatic carbocycles. The number of benzene rings is 1. The highest BCUT2D eigenvalue weighted by atomic mass is 16.4. The molecule has 1 aromatic heterocycles. The van der Waals surface area contributed by atoms with Crippen LogP contribution in [0.5, 0.6) is 0 Å². The minimum Gasteiger partial charge on any atom is -0.478 e. The second kappa shape index (κ2) is 4.87. The molecule has 92 valence electrons. The van der Waals surface area contributed by atoms with Crippen LogP contribution in [-0.4, -0.2) is 16.1 Å². The van der Waals surface area contributed by atoms with Gasteiger partial charge in [0.25, 0.3) is 0 Å². The van der Waals surface area contributed by atoms with Crippen molar-refractivity contribution in [1.29, 1.82) is 0 Å². The summed E-state index contributed by atoms with van der Waals surface area (Å²) in [6.07, 6.45) is 2.91. The van der Waals surface area contributed by atoms with Crippen molar-refractivity contribution in [3.63, 3.8) is 0 Å². The number of hydrogen-bond acceptors (Lipinski definition) is 3. The van der Waals surface area contributed by atoms with E-state index < -0.39 is 5.97 Å². The lowest BCUT2D eigenvalue weighted by atomic mass is 10.1. The second-order valence-electron chi connectivity index (χ2n) is 4.23. The molecule has 0 spiro atoms. The maximum Gasteiger partial charge on any atom is 0.339 e. The molecule has 0 aliphatic rings. The molecule has 2 rings (SSSR count). The van der Waals surface area contributed by atoms with Crippen LogP contribution in [0, 0.1) is 13.8 Å². The Hall–Kier alpha value is -2.36. The lowest BCUT2D eigenvalue weighted by Crippen LogP contribution is -2.03. The van der Waals surface area contributed by atoms with Gasteiger partial charge in [-0.1, -0.05) is 6.07 Å². The van der Waals surface area contributed by atoms with Crippen LogP contribution in [0.15, 0.2) is 36.7 Å². The number of aromatic carboxylic acids is 1. The van der Waals surface area contributed by atoms with Crippen LogP contribution in [-0.2, 0) is 0 Å². The number of nitrogens with zero attached hydrogens (tertiary/aromatic N) is 1. The van der Waals surface area contributed by atoms with Crippen molar-refractivity contribution in [2.24, 2.45) is 0 Å². The van der Waals surface area contributed by atoms with Crippen molar-refractivity contribution in [1.82, 2.24) is 4.98 Å². The number of rotatable bonds is 3. The van der Waals surface area contributed by atoms with Crippen molar-refractivity contribution in [3.8, 4) is 0 Å². The van der Waals surface area contributed by atoms with E-state index in [-0.39, 0.29) is 5.56 Å². The number of anilines is 2. The van der Waals surface area contributed by atoms with Crippen molar-refractivity contribution >= 4 is 17.3 Å². The Kier molecular flexibility index (Phi) is 3.28. The summed E-state index contributed by atoms with van der Waals surface area (Å²) in [7, 11) is 0. The van der Waals surface area contributed by atoms with Gasteiger partial charge in [-0.3, -0.25) is 4.98 Å². The standard InChI is InChI=1S/C14H14N2O2/c1-9-5-10(2)7-11(6-9)16-13-3-4-15-8-12(13)14(17)18/h3-8H,1-2H3,(H,15,16)(H,17,18). The normalized spacial score (nSPS) is 10.1. The minimum atomic E-state index is -0.991. The second-order valence-corrected chi connectivity index (χ2v) is 4.23. The van der Waals surface area contributed by atoms with Gasteiger partial charge in [0, 0.05) is 18.1 Å². The van der Waals surface area contributed by atoms with Gasteiger partial charge in [0.05, 0.1) is 5.69 Å². The molecule has 2 aromatic rings. The molecule has 1 heterocycles. The van der Waals surface area contributed by atoms with Gasteiger partial charge in [-0.25, -0.2) is 4.79 Å². The SMILES string of the molecule is Cc1cc(C)cc(Nc2ccncc2C(=O)O)c1. The Morgan fingerprint density at radius 2 is 1.89 bits per heavy atom. The Labute approximate surface area is 105 Å². The molecule has 4 nitrogen and oxygen atoms in total. The van der Waals surface area contributed by atoms with Crippen LogP contribution >= 0.6 is 0 Å². The number of carboxylic acids is 1. The van der Waals surface area contributed by atoms with E-state index in [4.69, 9.17) is 5.11 Å². The van der Waals surface area contributed by atoms with Gasteiger partial charge in [0.1, 0.15) is 5.56 Å². The molecule has 0 saturated carbocycles. The van der Waals surface area contributed by atoms with E-state index >= 15 is 0 Å². The summed E-state index contributed by atoms with van der Waals surface area (Å²) in [5.41, 5.74) is 3.84. The molecular formula is C14H14N2O2. The summed E-state index contributed by atoms with van der Waals surface area (Å²) in [6, 6.07) is 7.66. The van der Waals surface area contributed by atoms with Gasteiger partial charge in [0.15, 0.2) is 0 Å². The first-order valence-corrected chi connectivity index (χ1v) is 5.59. The molecule has 2 N–H and O–H groups in total. The highest BCUT2D eigenvalue weighted by molar-refractivity contribution is 5.94. The van der Waals surface area contributed by atoms with Crippen LogP contribution in [0.1, 0.15) is 21.5 Å². The van der Waals surface area contributed by atoms with Crippen LogP contribution in [0.2, 0.25) is 0 Å². The fraction of sp³-hybridized carbons (Fsp3) is 0.143. The summed E-state index contributed by atoms with van der Waals surface area (Å²) >= 11 is 0. The topological polar surface area (TPSA) is 62.2 Å². The van der Waals surface area contributed by atoms with E-state index in [1.165, 1.54) is 6.20 Å². The molecule has 4 heteroatoms. The average molecular weight is 242 g/mol. The molecule has 0 amide bonds. The first kappa shape index (κ1) is 12.1. The van der Waals surface area contributed by atoms with E-state index in [0.29, 0.717) is 5.69 Å². The first-order chi connectivity index (χ1) is 8.56. The lowest BCUT2D eigenvalue weighted by molar-refractivity contribution is 0.0697. The third kappa shape index (κ3) is 2.66. The number of aryl methyl sites for hydroxylation is 2. The lowest BCUT2D eigenvalue weighted by Gasteiger charge is -2.10. The summed E-state index contributed by atoms with van der Waals surface area (Å²) in [5, 5.41) is 12.2. The molecule has 0 atom stereocenters. The van der Waals surface area contributed by atoms with Crippen LogP contribution in [0.4, 0.5) is 11.4 Å². The summed E-state index contributed by atoms with van der Waals surface area (Å²) in [4.78, 5) is 14.9. The molecule has 0 fully saturated rings. The fourth-order valence-electron chi connectivity index (χ4n) is 1.88. The van der Waals surface area contributed by atoms with Crippen molar-refractivity contribution < 1.29 is 9.90 Å². The first-order valence-electron chi connectivity index (χ1n) is 5.59. The minimum absolute atomic E-state index is 0.164. The number of carbonyl (C=O) groups is 1. The molecule has 0 bridgehead atoms. The summed E-state index contributed by atoms with van der Waals surface area (Å²) in [5.74, 6) is -0.991. The van der Waals surface area contributed by atoms with Crippen molar-refractivity contribution in [3.05, 3.63) is 53.3 Å². The third-order valence-electron chi connectivity index (χ3n) is 2.55. The van der Waals surface area contributed by atoms with Gasteiger partial charge in [-0.15, -0.1) is 0 Å². The predicted octanol–water partition coefficient (Wildman–Crippen LogP) is 3.14. The van der Waals surface area contributed by atoms with Crippen LogP contribution in [0.3, 0.4) is 0 Å². The highest BCUT2D eigenvalue weighted by Gasteiger charge is 2.09. The fourth-order valence-corrected chi connectivity index (χ4v) is 1.88. The van der Waals surface area contributed by atoms with E-state index in [2.05, 4.69) is 16.4 Å². The zero-order chi connectivity index (χ0) is 13.1. The third-order valence-corrected chi connectivity index (χ3v) is 2.55. The summed E-state index contributed by atoms with van der Waals surface area (Å²) < 4.78 is 0. The van der Waals surface area contributed by atoms with Crippen LogP contribution < -0.4 is 5.32 Å². The van der Waals surface area contributed by atoms with Gasteiger partial charge < -0.3 is 10.4 Å². The molecule has 0 aliphatic heterocycles. The largest absolute Gasteiger partial charge is 0.478 e. The van der Waals surface area contributed by atoms with E-state index in [1.54, 1.807) is 12.3 Å². The van der Waals surface area contributed by atoms with Crippen LogP contribution in [0.25, 0.3) is 0 Å². The van der Waals surface area contributed by atoms with Crippen molar-refractivity contribution in [2.75, 3.05) is 5.32 Å². The smallest absolute Gasteiger partial charge is 0.339 e. The number of aromatic nitrogens is 1. The molecule has 0 saturated heterocycles. The number of pyridine rings is 1. The molecular weight excluding hydrogens is 228 g/mol. The van der Waals surface area contributed by atoms with Gasteiger partial charge in [0.2, 0.25) is 0 Å². The number of nitrogens with one attached hydrogen (secondary N) is 1. The Balaban J connectivity index is 2.37. The van der Waals surface area contributed by atoms with E-state index in [1.807, 2.05) is 26.0 Å². The van der Waals surface area contributed by atoms with E-state index in [9.17, 15) is 4.79 Å². The maximum atomic E-state index is 11.1. The quantitative estimate of drug-likeness (QED) is 0.868. The zero-order valence-electron chi connectivity index (χ0n) is 10.3. The molecule has 1 aromatic carbocycles. The zero-order valence-corrected chi connectivity index (χ0v) is 10.3. The Bertz CT molecular complexity index is 574.